The molecule has 0 aromatic rings. The van der Waals surface area contributed by atoms with Crippen LogP contribution in [0.5, 0.6) is 0 Å². The van der Waals surface area contributed by atoms with Crippen LogP contribution in [0, 0.1) is 0 Å². The van der Waals surface area contributed by atoms with Crippen LogP contribution in [-0.2, 0) is 19.0 Å². The number of carbonyl (C=O) groups excluding carboxylic acids is 1. The van der Waals surface area contributed by atoms with E-state index in [0.717, 1.165) is 0 Å². The van der Waals surface area contributed by atoms with Gasteiger partial charge in [0.15, 0.2) is 0 Å². The van der Waals surface area contributed by atoms with Crippen LogP contribution >= 0.6 is 0 Å². The second-order valence-electron chi connectivity index (χ2n) is 5.71. The number of nitrogens with zero attached hydrogens (tertiary/aromatic N) is 1. The largest absolute Gasteiger partial charge is 0.480 e. The van der Waals surface area contributed by atoms with Crippen molar-refractivity contribution in [1.29, 1.82) is 0 Å². The quantitative estimate of drug-likeness (QED) is 0.763. The summed E-state index contributed by atoms with van der Waals surface area (Å²) in [5.74, 6) is -1.05. The maximum Gasteiger partial charge on any atom is 0.411 e. The van der Waals surface area contributed by atoms with Gasteiger partial charge >= 0.3 is 12.1 Å². The van der Waals surface area contributed by atoms with Gasteiger partial charge in [-0.2, -0.15) is 0 Å². The first-order chi connectivity index (χ1) is 9.24. The standard InChI is InChI=1S/C13H23NO6/c1-13(2,3)20-12(17)14-8-9(19-6-5-18-4)7-10(14)11(15)16/h9-10H,5-8H2,1-4H3,(H,15,16). The predicted octanol–water partition coefficient (Wildman–Crippen LogP) is 1.11. The van der Waals surface area contributed by atoms with Crippen molar-refractivity contribution in [2.24, 2.45) is 0 Å². The van der Waals surface area contributed by atoms with Gasteiger partial charge in [0.05, 0.1) is 25.9 Å². The van der Waals surface area contributed by atoms with Gasteiger partial charge in [0, 0.05) is 13.5 Å². The first kappa shape index (κ1) is 16.7. The summed E-state index contributed by atoms with van der Waals surface area (Å²) >= 11 is 0. The lowest BCUT2D eigenvalue weighted by molar-refractivity contribution is -0.142. The molecule has 1 aliphatic rings. The molecule has 1 fully saturated rings. The molecule has 0 radical (unpaired) electrons. The van der Waals surface area contributed by atoms with Gasteiger partial charge in [0.25, 0.3) is 0 Å². The van der Waals surface area contributed by atoms with Crippen LogP contribution < -0.4 is 0 Å². The summed E-state index contributed by atoms with van der Waals surface area (Å²) < 4.78 is 15.6. The van der Waals surface area contributed by atoms with Crippen molar-refractivity contribution in [1.82, 2.24) is 4.90 Å². The summed E-state index contributed by atoms with van der Waals surface area (Å²) in [5, 5.41) is 9.19. The molecule has 2 atom stereocenters. The number of aliphatic carboxylic acids is 1. The van der Waals surface area contributed by atoms with E-state index in [1.165, 1.54) is 4.90 Å². The van der Waals surface area contributed by atoms with Crippen LogP contribution in [0.4, 0.5) is 4.79 Å². The lowest BCUT2D eigenvalue weighted by Crippen LogP contribution is -2.43. The van der Waals surface area contributed by atoms with E-state index in [1.807, 2.05) is 0 Å². The molecule has 0 bridgehead atoms. The zero-order valence-electron chi connectivity index (χ0n) is 12.4. The van der Waals surface area contributed by atoms with Crippen LogP contribution in [0.1, 0.15) is 27.2 Å². The lowest BCUT2D eigenvalue weighted by atomic mass is 10.2. The number of ether oxygens (including phenoxy) is 3. The summed E-state index contributed by atoms with van der Waals surface area (Å²) in [6, 6.07) is -0.905. The van der Waals surface area contributed by atoms with Crippen molar-refractivity contribution in [3.63, 3.8) is 0 Å². The molecule has 7 heteroatoms. The zero-order chi connectivity index (χ0) is 15.3. The molecule has 2 unspecified atom stereocenters. The highest BCUT2D eigenvalue weighted by molar-refractivity contribution is 5.81. The average Bonchev–Trinajstić information content (AvgIpc) is 2.71. The molecule has 0 spiro atoms. The summed E-state index contributed by atoms with van der Waals surface area (Å²) in [7, 11) is 1.56. The summed E-state index contributed by atoms with van der Waals surface area (Å²) in [6.45, 7) is 6.24. The van der Waals surface area contributed by atoms with E-state index < -0.39 is 23.7 Å². The minimum Gasteiger partial charge on any atom is -0.480 e. The number of hydrogen-bond donors (Lipinski definition) is 1. The first-order valence-corrected chi connectivity index (χ1v) is 6.57. The Kier molecular flexibility index (Phi) is 5.76. The normalized spacial score (nSPS) is 22.9. The molecule has 1 aliphatic heterocycles. The van der Waals surface area contributed by atoms with E-state index in [0.29, 0.717) is 13.2 Å². The summed E-state index contributed by atoms with van der Waals surface area (Å²) in [4.78, 5) is 24.5. The van der Waals surface area contributed by atoms with Crippen molar-refractivity contribution >= 4 is 12.1 Å². The van der Waals surface area contributed by atoms with Gasteiger partial charge in [0.2, 0.25) is 0 Å². The average molecular weight is 289 g/mol. The van der Waals surface area contributed by atoms with Crippen molar-refractivity contribution in [2.45, 2.75) is 44.9 Å². The molecular formula is C13H23NO6. The van der Waals surface area contributed by atoms with Crippen molar-refractivity contribution < 1.29 is 28.9 Å². The number of likely N-dealkylation sites (tertiary alicyclic amines) is 1. The van der Waals surface area contributed by atoms with Crippen LogP contribution in [0.2, 0.25) is 0 Å². The van der Waals surface area contributed by atoms with E-state index in [2.05, 4.69) is 0 Å². The predicted molar refractivity (Wildman–Crippen MR) is 70.6 cm³/mol. The Bertz CT molecular complexity index is 351. The Morgan fingerprint density at radius 1 is 1.30 bits per heavy atom. The van der Waals surface area contributed by atoms with E-state index in [1.54, 1.807) is 27.9 Å². The number of amides is 1. The lowest BCUT2D eigenvalue weighted by Gasteiger charge is -2.26. The van der Waals surface area contributed by atoms with Crippen LogP contribution in [-0.4, -0.2) is 66.7 Å². The molecule has 0 aromatic heterocycles. The van der Waals surface area contributed by atoms with E-state index in [4.69, 9.17) is 14.2 Å². The highest BCUT2D eigenvalue weighted by atomic mass is 16.6. The Labute approximate surface area is 118 Å². The van der Waals surface area contributed by atoms with Gasteiger partial charge < -0.3 is 19.3 Å². The van der Waals surface area contributed by atoms with Crippen LogP contribution in [0.15, 0.2) is 0 Å². The molecule has 1 rings (SSSR count). The second kappa shape index (κ2) is 6.90. The van der Waals surface area contributed by atoms with Crippen molar-refractivity contribution in [3.05, 3.63) is 0 Å². The maximum atomic E-state index is 12.0. The van der Waals surface area contributed by atoms with Gasteiger partial charge in [-0.15, -0.1) is 0 Å². The Balaban J connectivity index is 2.63. The molecule has 7 nitrogen and oxygen atoms in total. The fraction of sp³-hybridized carbons (Fsp3) is 0.846. The number of methoxy groups -OCH3 is 1. The molecule has 0 saturated carbocycles. The van der Waals surface area contributed by atoms with E-state index >= 15 is 0 Å². The molecule has 20 heavy (non-hydrogen) atoms. The molecule has 1 amide bonds. The Morgan fingerprint density at radius 3 is 2.45 bits per heavy atom. The Hall–Kier alpha value is -1.34. The number of carboxylic acids is 1. The summed E-state index contributed by atoms with van der Waals surface area (Å²) in [6.07, 6.45) is -0.667. The molecule has 1 heterocycles. The topological polar surface area (TPSA) is 85.3 Å². The van der Waals surface area contributed by atoms with Crippen LogP contribution in [0.3, 0.4) is 0 Å². The highest BCUT2D eigenvalue weighted by Crippen LogP contribution is 2.23. The molecule has 1 saturated heterocycles. The smallest absolute Gasteiger partial charge is 0.411 e. The molecule has 0 aromatic carbocycles. The fourth-order valence-corrected chi connectivity index (χ4v) is 1.97. The molecule has 116 valence electrons. The van der Waals surface area contributed by atoms with Gasteiger partial charge in [-0.25, -0.2) is 9.59 Å². The van der Waals surface area contributed by atoms with Gasteiger partial charge in [0.1, 0.15) is 11.6 Å². The number of hydrogen-bond acceptors (Lipinski definition) is 5. The number of carbonyl (C=O) groups is 2. The van der Waals surface area contributed by atoms with Crippen molar-refractivity contribution in [2.75, 3.05) is 26.9 Å². The summed E-state index contributed by atoms with van der Waals surface area (Å²) in [5.41, 5.74) is -0.658. The third-order valence-electron chi connectivity index (χ3n) is 2.82. The Morgan fingerprint density at radius 2 is 1.95 bits per heavy atom. The van der Waals surface area contributed by atoms with Crippen molar-refractivity contribution in [3.8, 4) is 0 Å². The minimum absolute atomic E-state index is 0.218. The number of rotatable bonds is 5. The molecule has 1 N–H and O–H groups in total. The van der Waals surface area contributed by atoms with Gasteiger partial charge in [-0.3, -0.25) is 4.90 Å². The van der Waals surface area contributed by atoms with E-state index in [9.17, 15) is 14.7 Å². The first-order valence-electron chi connectivity index (χ1n) is 6.57. The highest BCUT2D eigenvalue weighted by Gasteiger charge is 2.42. The third-order valence-corrected chi connectivity index (χ3v) is 2.82. The van der Waals surface area contributed by atoms with E-state index in [-0.39, 0.29) is 19.1 Å². The second-order valence-corrected chi connectivity index (χ2v) is 5.71. The van der Waals surface area contributed by atoms with Gasteiger partial charge in [-0.1, -0.05) is 0 Å². The molecule has 0 aliphatic carbocycles. The monoisotopic (exact) mass is 289 g/mol. The van der Waals surface area contributed by atoms with Crippen LogP contribution in [0.25, 0.3) is 0 Å². The number of carboxylic acid groups (broad SMARTS) is 1. The third kappa shape index (κ3) is 4.97. The fourth-order valence-electron chi connectivity index (χ4n) is 1.97. The maximum absolute atomic E-state index is 12.0. The molecular weight excluding hydrogens is 266 g/mol. The SMILES string of the molecule is COCCOC1CC(C(=O)O)N(C(=O)OC(C)(C)C)C1. The minimum atomic E-state index is -1.05. The zero-order valence-corrected chi connectivity index (χ0v) is 12.4. The van der Waals surface area contributed by atoms with Gasteiger partial charge in [-0.05, 0) is 20.8 Å².